The van der Waals surface area contributed by atoms with Gasteiger partial charge < -0.3 is 0 Å². The number of hydrogen-bond donors (Lipinski definition) is 0. The molecule has 0 atom stereocenters. The lowest BCUT2D eigenvalue weighted by atomic mass is 9.93. The molecule has 0 spiro atoms. The van der Waals surface area contributed by atoms with E-state index in [0.29, 0.717) is 5.41 Å². The molecule has 0 bridgehead atoms. The van der Waals surface area contributed by atoms with Crippen LogP contribution in [-0.4, -0.2) is 17.8 Å². The van der Waals surface area contributed by atoms with E-state index in [0.717, 1.165) is 12.2 Å². The zero-order valence-corrected chi connectivity index (χ0v) is 9.09. The fourth-order valence-corrected chi connectivity index (χ4v) is 1.81. The number of aliphatic imine (C=N–C) groups is 1. The summed E-state index contributed by atoms with van der Waals surface area (Å²) in [5, 5.41) is 1.28. The zero-order chi connectivity index (χ0) is 8.91. The highest BCUT2D eigenvalue weighted by atomic mass is 32.2. The first-order valence-corrected chi connectivity index (χ1v) is 5.06. The summed E-state index contributed by atoms with van der Waals surface area (Å²) in [6.07, 6.45) is 1.10. The van der Waals surface area contributed by atoms with Crippen molar-refractivity contribution in [3.05, 3.63) is 0 Å². The van der Waals surface area contributed by atoms with Crippen molar-refractivity contribution in [3.63, 3.8) is 0 Å². The minimum Gasteiger partial charge on any atom is -0.286 e. The minimum atomic E-state index is 0.372. The van der Waals surface area contributed by atoms with E-state index in [4.69, 9.17) is 0 Å². The first kappa shape index (κ1) is 11.0. The SMILES string of the molecule is CCSC(CC(C)(C)C)=NC. The van der Waals surface area contributed by atoms with Crippen LogP contribution in [0.5, 0.6) is 0 Å². The Hall–Kier alpha value is 0.0200. The van der Waals surface area contributed by atoms with E-state index < -0.39 is 0 Å². The molecule has 0 fully saturated rings. The van der Waals surface area contributed by atoms with Gasteiger partial charge in [0.15, 0.2) is 0 Å². The van der Waals surface area contributed by atoms with Gasteiger partial charge in [-0.05, 0) is 11.2 Å². The molecular formula is C9H19NS. The Bertz CT molecular complexity index is 133. The van der Waals surface area contributed by atoms with Gasteiger partial charge in [-0.15, -0.1) is 11.8 Å². The molecule has 0 saturated heterocycles. The van der Waals surface area contributed by atoms with Crippen LogP contribution in [0.3, 0.4) is 0 Å². The van der Waals surface area contributed by atoms with Gasteiger partial charge in [0.25, 0.3) is 0 Å². The highest BCUT2D eigenvalue weighted by Gasteiger charge is 2.13. The third kappa shape index (κ3) is 6.42. The van der Waals surface area contributed by atoms with Crippen LogP contribution in [0.15, 0.2) is 4.99 Å². The molecule has 0 aromatic carbocycles. The van der Waals surface area contributed by atoms with Crippen LogP contribution in [-0.2, 0) is 0 Å². The molecule has 0 aliphatic heterocycles. The van der Waals surface area contributed by atoms with Gasteiger partial charge in [-0.1, -0.05) is 27.7 Å². The lowest BCUT2D eigenvalue weighted by molar-refractivity contribution is 0.436. The molecule has 0 radical (unpaired) electrons. The molecule has 0 rings (SSSR count). The van der Waals surface area contributed by atoms with E-state index in [1.54, 1.807) is 0 Å². The minimum absolute atomic E-state index is 0.372. The van der Waals surface area contributed by atoms with Gasteiger partial charge in [0.1, 0.15) is 0 Å². The van der Waals surface area contributed by atoms with Crippen LogP contribution in [0.25, 0.3) is 0 Å². The monoisotopic (exact) mass is 173 g/mol. The molecule has 1 nitrogen and oxygen atoms in total. The Kier molecular flexibility index (Phi) is 4.82. The second kappa shape index (κ2) is 4.81. The second-order valence-electron chi connectivity index (χ2n) is 3.79. The van der Waals surface area contributed by atoms with E-state index in [2.05, 4.69) is 32.7 Å². The van der Waals surface area contributed by atoms with Crippen molar-refractivity contribution >= 4 is 16.8 Å². The summed E-state index contributed by atoms with van der Waals surface area (Å²) in [7, 11) is 1.88. The standard InChI is InChI=1S/C9H19NS/c1-6-11-8(10-5)7-9(2,3)4/h6-7H2,1-5H3. The van der Waals surface area contributed by atoms with Gasteiger partial charge >= 0.3 is 0 Å². The third-order valence-corrected chi connectivity index (χ3v) is 2.19. The van der Waals surface area contributed by atoms with Gasteiger partial charge in [-0.3, -0.25) is 4.99 Å². The van der Waals surface area contributed by atoms with Gasteiger partial charge in [-0.2, -0.15) is 0 Å². The molecule has 0 N–H and O–H groups in total. The van der Waals surface area contributed by atoms with Crippen molar-refractivity contribution < 1.29 is 0 Å². The van der Waals surface area contributed by atoms with Crippen molar-refractivity contribution in [3.8, 4) is 0 Å². The van der Waals surface area contributed by atoms with E-state index in [9.17, 15) is 0 Å². The topological polar surface area (TPSA) is 12.4 Å². The lowest BCUT2D eigenvalue weighted by Crippen LogP contribution is -2.10. The van der Waals surface area contributed by atoms with Crippen LogP contribution >= 0.6 is 11.8 Å². The van der Waals surface area contributed by atoms with E-state index >= 15 is 0 Å². The maximum Gasteiger partial charge on any atom is 0.0677 e. The Morgan fingerprint density at radius 3 is 2.18 bits per heavy atom. The van der Waals surface area contributed by atoms with E-state index in [1.165, 1.54) is 5.04 Å². The van der Waals surface area contributed by atoms with E-state index in [1.807, 2.05) is 18.8 Å². The number of nitrogens with zero attached hydrogens (tertiary/aromatic N) is 1. The third-order valence-electron chi connectivity index (χ3n) is 1.24. The molecule has 0 heterocycles. The van der Waals surface area contributed by atoms with Gasteiger partial charge in [0.2, 0.25) is 0 Å². The molecule has 11 heavy (non-hydrogen) atoms. The Labute approximate surface area is 74.7 Å². The quantitative estimate of drug-likeness (QED) is 0.461. The molecule has 0 saturated carbocycles. The summed E-state index contributed by atoms with van der Waals surface area (Å²) in [5.41, 5.74) is 0.372. The van der Waals surface area contributed by atoms with Crippen LogP contribution in [0.1, 0.15) is 34.1 Å². The first-order valence-electron chi connectivity index (χ1n) is 4.08. The summed E-state index contributed by atoms with van der Waals surface area (Å²) < 4.78 is 0. The summed E-state index contributed by atoms with van der Waals surface area (Å²) in [4.78, 5) is 4.24. The van der Waals surface area contributed by atoms with Gasteiger partial charge in [0, 0.05) is 13.5 Å². The Balaban J connectivity index is 3.90. The Morgan fingerprint density at radius 1 is 1.36 bits per heavy atom. The summed E-state index contributed by atoms with van der Waals surface area (Å²) in [6, 6.07) is 0. The van der Waals surface area contributed by atoms with Crippen LogP contribution in [0.4, 0.5) is 0 Å². The molecule has 0 amide bonds. The molecule has 2 heteroatoms. The smallest absolute Gasteiger partial charge is 0.0677 e. The molecule has 0 aliphatic carbocycles. The predicted octanol–water partition coefficient (Wildman–Crippen LogP) is 3.20. The average Bonchev–Trinajstić information content (AvgIpc) is 1.84. The number of thioether (sulfide) groups is 1. The molecular weight excluding hydrogens is 154 g/mol. The highest BCUT2D eigenvalue weighted by molar-refractivity contribution is 8.13. The summed E-state index contributed by atoms with van der Waals surface area (Å²) in [5.74, 6) is 1.13. The zero-order valence-electron chi connectivity index (χ0n) is 8.27. The second-order valence-corrected chi connectivity index (χ2v) is 5.13. The number of hydrogen-bond acceptors (Lipinski definition) is 2. The first-order chi connectivity index (χ1) is 4.99. The highest BCUT2D eigenvalue weighted by Crippen LogP contribution is 2.23. The van der Waals surface area contributed by atoms with Crippen molar-refractivity contribution in [1.82, 2.24) is 0 Å². The van der Waals surface area contributed by atoms with Crippen molar-refractivity contribution in [2.75, 3.05) is 12.8 Å². The Morgan fingerprint density at radius 2 is 1.91 bits per heavy atom. The van der Waals surface area contributed by atoms with Gasteiger partial charge in [0.05, 0.1) is 5.04 Å². The van der Waals surface area contributed by atoms with Crippen molar-refractivity contribution in [2.45, 2.75) is 34.1 Å². The fraction of sp³-hybridized carbons (Fsp3) is 0.889. The lowest BCUT2D eigenvalue weighted by Gasteiger charge is -2.18. The van der Waals surface area contributed by atoms with Crippen molar-refractivity contribution in [2.24, 2.45) is 10.4 Å². The van der Waals surface area contributed by atoms with Gasteiger partial charge in [-0.25, -0.2) is 0 Å². The average molecular weight is 173 g/mol. The summed E-state index contributed by atoms with van der Waals surface area (Å²) >= 11 is 1.85. The summed E-state index contributed by atoms with van der Waals surface area (Å²) in [6.45, 7) is 8.90. The van der Waals surface area contributed by atoms with Crippen LogP contribution in [0, 0.1) is 5.41 Å². The normalized spacial score (nSPS) is 13.7. The molecule has 0 unspecified atom stereocenters. The molecule has 0 aromatic rings. The fourth-order valence-electron chi connectivity index (χ4n) is 0.815. The maximum absolute atomic E-state index is 4.24. The van der Waals surface area contributed by atoms with Crippen LogP contribution in [0.2, 0.25) is 0 Å². The van der Waals surface area contributed by atoms with Crippen molar-refractivity contribution in [1.29, 1.82) is 0 Å². The maximum atomic E-state index is 4.24. The predicted molar refractivity (Wildman–Crippen MR) is 55.6 cm³/mol. The van der Waals surface area contributed by atoms with Crippen LogP contribution < -0.4 is 0 Å². The number of rotatable bonds is 2. The molecule has 0 aromatic heterocycles. The largest absolute Gasteiger partial charge is 0.286 e. The molecule has 0 aliphatic rings. The molecule has 66 valence electrons. The van der Waals surface area contributed by atoms with E-state index in [-0.39, 0.29) is 0 Å².